The normalized spacial score (nSPS) is 13.0. The number of rotatable bonds is 3. The fourth-order valence-electron chi connectivity index (χ4n) is 1.45. The highest BCUT2D eigenvalue weighted by molar-refractivity contribution is 7.10. The standard InChI is InChI=1S/C10H12ClN3S/c1-7-8(11)6-14(13-7)9(5-12)10-3-2-4-15-10/h2-4,6,9H,5,12H2,1H3. The van der Waals surface area contributed by atoms with E-state index in [2.05, 4.69) is 11.2 Å². The Balaban J connectivity index is 2.35. The quantitative estimate of drug-likeness (QED) is 0.897. The zero-order valence-electron chi connectivity index (χ0n) is 8.35. The number of aryl methyl sites for hydroxylation is 1. The molecule has 2 aromatic rings. The molecule has 1 unspecified atom stereocenters. The van der Waals surface area contributed by atoms with Crippen LogP contribution in [0.4, 0.5) is 0 Å². The number of halogens is 1. The van der Waals surface area contributed by atoms with Gasteiger partial charge in [0.05, 0.1) is 16.8 Å². The van der Waals surface area contributed by atoms with Crippen LogP contribution in [0.15, 0.2) is 23.7 Å². The van der Waals surface area contributed by atoms with Crippen LogP contribution < -0.4 is 5.73 Å². The van der Waals surface area contributed by atoms with Crippen molar-refractivity contribution < 1.29 is 0 Å². The first kappa shape index (κ1) is 10.7. The molecule has 5 heteroatoms. The first-order valence-electron chi connectivity index (χ1n) is 4.67. The molecule has 1 atom stereocenters. The molecule has 2 heterocycles. The van der Waals surface area contributed by atoms with Crippen LogP contribution in [0.1, 0.15) is 16.6 Å². The molecule has 80 valence electrons. The van der Waals surface area contributed by atoms with E-state index in [1.54, 1.807) is 11.3 Å². The van der Waals surface area contributed by atoms with Crippen molar-refractivity contribution in [1.29, 1.82) is 0 Å². The summed E-state index contributed by atoms with van der Waals surface area (Å²) < 4.78 is 1.84. The second-order valence-electron chi connectivity index (χ2n) is 3.31. The maximum atomic E-state index is 5.97. The molecule has 0 spiro atoms. The summed E-state index contributed by atoms with van der Waals surface area (Å²) >= 11 is 7.65. The summed E-state index contributed by atoms with van der Waals surface area (Å²) in [5.41, 5.74) is 6.60. The lowest BCUT2D eigenvalue weighted by molar-refractivity contribution is 0.536. The summed E-state index contributed by atoms with van der Waals surface area (Å²) in [5, 5.41) is 7.07. The fourth-order valence-corrected chi connectivity index (χ4v) is 2.42. The van der Waals surface area contributed by atoms with Gasteiger partial charge in [0.25, 0.3) is 0 Å². The minimum Gasteiger partial charge on any atom is -0.328 e. The van der Waals surface area contributed by atoms with Crippen molar-refractivity contribution in [3.8, 4) is 0 Å². The average molecular weight is 242 g/mol. The van der Waals surface area contributed by atoms with Gasteiger partial charge in [0.2, 0.25) is 0 Å². The van der Waals surface area contributed by atoms with Gasteiger partial charge in [-0.05, 0) is 18.4 Å². The molecular formula is C10H12ClN3S. The molecule has 0 saturated heterocycles. The summed E-state index contributed by atoms with van der Waals surface area (Å²) in [5.74, 6) is 0. The van der Waals surface area contributed by atoms with Crippen molar-refractivity contribution in [2.24, 2.45) is 5.73 Å². The van der Waals surface area contributed by atoms with E-state index in [0.717, 1.165) is 5.69 Å². The van der Waals surface area contributed by atoms with E-state index < -0.39 is 0 Å². The average Bonchev–Trinajstić information content (AvgIpc) is 2.80. The van der Waals surface area contributed by atoms with E-state index in [0.29, 0.717) is 11.6 Å². The lowest BCUT2D eigenvalue weighted by atomic mass is 10.2. The van der Waals surface area contributed by atoms with Crippen LogP contribution in [0.3, 0.4) is 0 Å². The minimum absolute atomic E-state index is 0.0937. The van der Waals surface area contributed by atoms with Gasteiger partial charge in [0.1, 0.15) is 0 Å². The van der Waals surface area contributed by atoms with Gasteiger partial charge in [-0.15, -0.1) is 11.3 Å². The van der Waals surface area contributed by atoms with E-state index >= 15 is 0 Å². The van der Waals surface area contributed by atoms with Gasteiger partial charge in [-0.1, -0.05) is 17.7 Å². The Morgan fingerprint density at radius 1 is 1.67 bits per heavy atom. The predicted molar refractivity (Wildman–Crippen MR) is 63.5 cm³/mol. The third-order valence-corrected chi connectivity index (χ3v) is 3.62. The van der Waals surface area contributed by atoms with Gasteiger partial charge in [0, 0.05) is 17.6 Å². The maximum absolute atomic E-state index is 5.97. The second kappa shape index (κ2) is 4.35. The summed E-state index contributed by atoms with van der Waals surface area (Å²) in [6.45, 7) is 2.42. The molecule has 0 aliphatic carbocycles. The van der Waals surface area contributed by atoms with Crippen molar-refractivity contribution in [1.82, 2.24) is 9.78 Å². The molecule has 0 aliphatic rings. The lowest BCUT2D eigenvalue weighted by Crippen LogP contribution is -2.20. The van der Waals surface area contributed by atoms with Crippen LogP contribution in [0.5, 0.6) is 0 Å². The van der Waals surface area contributed by atoms with Gasteiger partial charge in [-0.25, -0.2) is 0 Å². The molecule has 3 nitrogen and oxygen atoms in total. The molecule has 0 saturated carbocycles. The first-order chi connectivity index (χ1) is 7.22. The highest BCUT2D eigenvalue weighted by Crippen LogP contribution is 2.24. The van der Waals surface area contributed by atoms with Gasteiger partial charge in [-0.3, -0.25) is 4.68 Å². The summed E-state index contributed by atoms with van der Waals surface area (Å²) in [6, 6.07) is 4.17. The largest absolute Gasteiger partial charge is 0.328 e. The topological polar surface area (TPSA) is 43.8 Å². The molecule has 0 radical (unpaired) electrons. The number of nitrogens with two attached hydrogens (primary N) is 1. The van der Waals surface area contributed by atoms with E-state index in [9.17, 15) is 0 Å². The van der Waals surface area contributed by atoms with Crippen LogP contribution in [0.2, 0.25) is 5.02 Å². The van der Waals surface area contributed by atoms with Crippen molar-refractivity contribution in [2.75, 3.05) is 6.54 Å². The number of hydrogen-bond acceptors (Lipinski definition) is 3. The van der Waals surface area contributed by atoms with Crippen molar-refractivity contribution >= 4 is 22.9 Å². The lowest BCUT2D eigenvalue weighted by Gasteiger charge is -2.13. The second-order valence-corrected chi connectivity index (χ2v) is 4.70. The van der Waals surface area contributed by atoms with Gasteiger partial charge in [-0.2, -0.15) is 5.10 Å². The molecule has 0 bridgehead atoms. The van der Waals surface area contributed by atoms with E-state index in [1.165, 1.54) is 4.88 Å². The predicted octanol–water partition coefficient (Wildman–Crippen LogP) is 2.45. The molecule has 0 aromatic carbocycles. The molecule has 2 N–H and O–H groups in total. The van der Waals surface area contributed by atoms with Gasteiger partial charge < -0.3 is 5.73 Å². The highest BCUT2D eigenvalue weighted by Gasteiger charge is 2.15. The maximum Gasteiger partial charge on any atom is 0.0982 e. The smallest absolute Gasteiger partial charge is 0.0982 e. The zero-order chi connectivity index (χ0) is 10.8. The monoisotopic (exact) mass is 241 g/mol. The SMILES string of the molecule is Cc1nn(C(CN)c2cccs2)cc1Cl. The molecule has 2 aromatic heterocycles. The zero-order valence-corrected chi connectivity index (χ0v) is 9.92. The van der Waals surface area contributed by atoms with Crippen molar-refractivity contribution in [3.63, 3.8) is 0 Å². The van der Waals surface area contributed by atoms with Crippen LogP contribution in [-0.4, -0.2) is 16.3 Å². The van der Waals surface area contributed by atoms with E-state index in [-0.39, 0.29) is 6.04 Å². The molecule has 0 fully saturated rings. The third-order valence-electron chi connectivity index (χ3n) is 2.27. The van der Waals surface area contributed by atoms with Crippen LogP contribution in [0.25, 0.3) is 0 Å². The number of thiophene rings is 1. The Kier molecular flexibility index (Phi) is 3.09. The molecule has 0 amide bonds. The summed E-state index contributed by atoms with van der Waals surface area (Å²) in [4.78, 5) is 1.21. The summed E-state index contributed by atoms with van der Waals surface area (Å²) in [6.07, 6.45) is 1.83. The van der Waals surface area contributed by atoms with Crippen LogP contribution in [0, 0.1) is 6.92 Å². The van der Waals surface area contributed by atoms with Gasteiger partial charge in [0.15, 0.2) is 0 Å². The van der Waals surface area contributed by atoms with Crippen molar-refractivity contribution in [2.45, 2.75) is 13.0 Å². The van der Waals surface area contributed by atoms with Gasteiger partial charge >= 0.3 is 0 Å². The Labute approximate surface area is 97.5 Å². The minimum atomic E-state index is 0.0937. The molecule has 15 heavy (non-hydrogen) atoms. The third kappa shape index (κ3) is 2.07. The van der Waals surface area contributed by atoms with E-state index in [1.807, 2.05) is 29.2 Å². The molecule has 0 aliphatic heterocycles. The Bertz CT molecular complexity index is 416. The van der Waals surface area contributed by atoms with Crippen molar-refractivity contribution in [3.05, 3.63) is 39.3 Å². The highest BCUT2D eigenvalue weighted by atomic mass is 35.5. The first-order valence-corrected chi connectivity index (χ1v) is 5.93. The Morgan fingerprint density at radius 3 is 2.93 bits per heavy atom. The van der Waals surface area contributed by atoms with Crippen LogP contribution >= 0.6 is 22.9 Å². The Hall–Kier alpha value is -0.840. The number of nitrogens with zero attached hydrogens (tertiary/aromatic N) is 2. The fraction of sp³-hybridized carbons (Fsp3) is 0.300. The van der Waals surface area contributed by atoms with Crippen LogP contribution in [-0.2, 0) is 0 Å². The number of aromatic nitrogens is 2. The number of hydrogen-bond donors (Lipinski definition) is 1. The Morgan fingerprint density at radius 2 is 2.47 bits per heavy atom. The van der Waals surface area contributed by atoms with E-state index in [4.69, 9.17) is 17.3 Å². The molecular weight excluding hydrogens is 230 g/mol. The molecule has 2 rings (SSSR count). The summed E-state index contributed by atoms with van der Waals surface area (Å²) in [7, 11) is 0.